The first-order valence-electron chi connectivity index (χ1n) is 8.50. The highest BCUT2D eigenvalue weighted by Gasteiger charge is 2.24. The number of hydrogen-bond acceptors (Lipinski definition) is 4. The SMILES string of the molecule is CC(C)(C)OC(=O)NCC(=O)N1CCC(Nc2ccccc2Cl)CC1. The maximum Gasteiger partial charge on any atom is 0.408 e. The van der Waals surface area contributed by atoms with Crippen LogP contribution in [0.1, 0.15) is 33.6 Å². The molecule has 1 aromatic carbocycles. The number of nitrogens with one attached hydrogen (secondary N) is 2. The van der Waals surface area contributed by atoms with Gasteiger partial charge in [0.2, 0.25) is 5.91 Å². The van der Waals surface area contributed by atoms with Crippen LogP contribution in [0, 0.1) is 0 Å². The van der Waals surface area contributed by atoms with E-state index in [0.717, 1.165) is 18.5 Å². The summed E-state index contributed by atoms with van der Waals surface area (Å²) in [5.41, 5.74) is 0.344. The molecule has 1 aliphatic heterocycles. The van der Waals surface area contributed by atoms with Crippen molar-refractivity contribution in [2.75, 3.05) is 25.0 Å². The zero-order valence-electron chi connectivity index (χ0n) is 15.0. The molecule has 0 unspecified atom stereocenters. The topological polar surface area (TPSA) is 70.7 Å². The van der Waals surface area contributed by atoms with E-state index in [-0.39, 0.29) is 18.5 Å². The zero-order chi connectivity index (χ0) is 18.4. The van der Waals surface area contributed by atoms with Gasteiger partial charge in [-0.3, -0.25) is 4.79 Å². The van der Waals surface area contributed by atoms with Crippen LogP contribution in [-0.2, 0) is 9.53 Å². The van der Waals surface area contributed by atoms with E-state index in [1.54, 1.807) is 25.7 Å². The molecule has 2 rings (SSSR count). The van der Waals surface area contributed by atoms with Crippen molar-refractivity contribution in [2.24, 2.45) is 0 Å². The largest absolute Gasteiger partial charge is 0.444 e. The quantitative estimate of drug-likeness (QED) is 0.856. The van der Waals surface area contributed by atoms with Crippen LogP contribution in [0.2, 0.25) is 5.02 Å². The molecule has 2 N–H and O–H groups in total. The highest BCUT2D eigenvalue weighted by molar-refractivity contribution is 6.33. The van der Waals surface area contributed by atoms with Gasteiger partial charge < -0.3 is 20.3 Å². The zero-order valence-corrected chi connectivity index (χ0v) is 15.7. The van der Waals surface area contributed by atoms with E-state index in [1.807, 2.05) is 24.3 Å². The van der Waals surface area contributed by atoms with Gasteiger partial charge in [-0.15, -0.1) is 0 Å². The summed E-state index contributed by atoms with van der Waals surface area (Å²) >= 11 is 6.16. The van der Waals surface area contributed by atoms with E-state index in [1.165, 1.54) is 0 Å². The third-order valence-electron chi connectivity index (χ3n) is 3.86. The minimum atomic E-state index is -0.574. The first kappa shape index (κ1) is 19.4. The Labute approximate surface area is 153 Å². The molecule has 0 aromatic heterocycles. The van der Waals surface area contributed by atoms with Crippen LogP contribution in [0.4, 0.5) is 10.5 Å². The van der Waals surface area contributed by atoms with Crippen LogP contribution in [0.5, 0.6) is 0 Å². The molecule has 6 nitrogen and oxygen atoms in total. The summed E-state index contributed by atoms with van der Waals surface area (Å²) in [4.78, 5) is 25.6. The summed E-state index contributed by atoms with van der Waals surface area (Å²) in [6, 6.07) is 7.92. The van der Waals surface area contributed by atoms with Gasteiger partial charge in [0.15, 0.2) is 0 Å². The molecule has 7 heteroatoms. The molecule has 0 saturated carbocycles. The number of likely N-dealkylation sites (tertiary alicyclic amines) is 1. The molecule has 0 atom stereocenters. The average molecular weight is 368 g/mol. The predicted octanol–water partition coefficient (Wildman–Crippen LogP) is 3.27. The van der Waals surface area contributed by atoms with E-state index in [9.17, 15) is 9.59 Å². The molecule has 0 aliphatic carbocycles. The van der Waals surface area contributed by atoms with E-state index in [2.05, 4.69) is 10.6 Å². The van der Waals surface area contributed by atoms with Crippen LogP contribution < -0.4 is 10.6 Å². The highest BCUT2D eigenvalue weighted by Crippen LogP contribution is 2.24. The number of para-hydroxylation sites is 1. The van der Waals surface area contributed by atoms with Crippen molar-refractivity contribution < 1.29 is 14.3 Å². The monoisotopic (exact) mass is 367 g/mol. The van der Waals surface area contributed by atoms with Crippen molar-refractivity contribution in [3.05, 3.63) is 29.3 Å². The highest BCUT2D eigenvalue weighted by atomic mass is 35.5. The van der Waals surface area contributed by atoms with Crippen LogP contribution in [-0.4, -0.2) is 48.2 Å². The third kappa shape index (κ3) is 6.46. The lowest BCUT2D eigenvalue weighted by molar-refractivity contribution is -0.131. The maximum absolute atomic E-state index is 12.2. The molecule has 2 amide bonds. The van der Waals surface area contributed by atoms with Gasteiger partial charge in [-0.2, -0.15) is 0 Å². The number of halogens is 1. The standard InChI is InChI=1S/C18H26ClN3O3/c1-18(2,3)25-17(24)20-12-16(23)22-10-8-13(9-11-22)21-15-7-5-4-6-14(15)19/h4-7,13,21H,8-12H2,1-3H3,(H,20,24). The Kier molecular flexibility index (Phi) is 6.53. The average Bonchev–Trinajstić information content (AvgIpc) is 2.54. The summed E-state index contributed by atoms with van der Waals surface area (Å²) in [5.74, 6) is -0.0953. The number of nitrogens with zero attached hydrogens (tertiary/aromatic N) is 1. The molecule has 1 fully saturated rings. The fourth-order valence-corrected chi connectivity index (χ4v) is 2.84. The first-order valence-corrected chi connectivity index (χ1v) is 8.88. The number of piperidine rings is 1. The summed E-state index contributed by atoms with van der Waals surface area (Å²) in [7, 11) is 0. The lowest BCUT2D eigenvalue weighted by Gasteiger charge is -2.33. The molecular formula is C18H26ClN3O3. The fourth-order valence-electron chi connectivity index (χ4n) is 2.65. The number of hydrogen-bond donors (Lipinski definition) is 2. The summed E-state index contributed by atoms with van der Waals surface area (Å²) in [6.45, 7) is 6.60. The van der Waals surface area contributed by atoms with Crippen molar-refractivity contribution in [3.8, 4) is 0 Å². The van der Waals surface area contributed by atoms with Gasteiger partial charge in [0.05, 0.1) is 10.7 Å². The summed E-state index contributed by atoms with van der Waals surface area (Å²) in [5, 5.41) is 6.63. The van der Waals surface area contributed by atoms with E-state index >= 15 is 0 Å². The number of rotatable bonds is 4. The lowest BCUT2D eigenvalue weighted by atomic mass is 10.0. The van der Waals surface area contributed by atoms with Gasteiger partial charge in [-0.25, -0.2) is 4.79 Å². The molecule has 1 aromatic rings. The molecule has 0 spiro atoms. The predicted molar refractivity (Wildman–Crippen MR) is 98.9 cm³/mol. The molecule has 0 radical (unpaired) electrons. The second-order valence-corrected chi connectivity index (χ2v) is 7.54. The molecule has 0 bridgehead atoms. The smallest absolute Gasteiger partial charge is 0.408 e. The number of carbonyl (C=O) groups excluding carboxylic acids is 2. The van der Waals surface area contributed by atoms with E-state index in [4.69, 9.17) is 16.3 Å². The normalized spacial score (nSPS) is 15.6. The Hall–Kier alpha value is -1.95. The summed E-state index contributed by atoms with van der Waals surface area (Å²) in [6.07, 6.45) is 1.10. The van der Waals surface area contributed by atoms with Crippen molar-refractivity contribution >= 4 is 29.3 Å². The molecule has 1 aliphatic rings. The number of alkyl carbamates (subject to hydrolysis) is 1. The number of benzene rings is 1. The van der Waals surface area contributed by atoms with Crippen LogP contribution in [0.15, 0.2) is 24.3 Å². The van der Waals surface area contributed by atoms with Gasteiger partial charge in [0, 0.05) is 19.1 Å². The second kappa shape index (κ2) is 8.43. The summed E-state index contributed by atoms with van der Waals surface area (Å²) < 4.78 is 5.13. The first-order chi connectivity index (χ1) is 11.7. The number of ether oxygens (including phenoxy) is 1. The molecule has 138 valence electrons. The minimum Gasteiger partial charge on any atom is -0.444 e. The number of amides is 2. The van der Waals surface area contributed by atoms with Gasteiger partial charge in [0.1, 0.15) is 12.1 Å². The Morgan fingerprint density at radius 2 is 1.88 bits per heavy atom. The Morgan fingerprint density at radius 1 is 1.24 bits per heavy atom. The minimum absolute atomic E-state index is 0.0441. The van der Waals surface area contributed by atoms with Crippen molar-refractivity contribution in [1.29, 1.82) is 0 Å². The maximum atomic E-state index is 12.2. The fraction of sp³-hybridized carbons (Fsp3) is 0.556. The van der Waals surface area contributed by atoms with Crippen LogP contribution in [0.25, 0.3) is 0 Å². The second-order valence-electron chi connectivity index (χ2n) is 7.13. The van der Waals surface area contributed by atoms with Crippen LogP contribution >= 0.6 is 11.6 Å². The lowest BCUT2D eigenvalue weighted by Crippen LogP contribution is -2.47. The van der Waals surface area contributed by atoms with Gasteiger partial charge in [0.25, 0.3) is 0 Å². The molecular weight excluding hydrogens is 342 g/mol. The van der Waals surface area contributed by atoms with E-state index in [0.29, 0.717) is 18.1 Å². The van der Waals surface area contributed by atoms with Crippen molar-refractivity contribution in [3.63, 3.8) is 0 Å². The molecule has 25 heavy (non-hydrogen) atoms. The Balaban J connectivity index is 1.73. The Bertz CT molecular complexity index is 608. The van der Waals surface area contributed by atoms with Crippen LogP contribution in [0.3, 0.4) is 0 Å². The van der Waals surface area contributed by atoms with Crippen molar-refractivity contribution in [1.82, 2.24) is 10.2 Å². The number of anilines is 1. The van der Waals surface area contributed by atoms with E-state index < -0.39 is 11.7 Å². The van der Waals surface area contributed by atoms with Gasteiger partial charge >= 0.3 is 6.09 Å². The molecule has 1 heterocycles. The van der Waals surface area contributed by atoms with Gasteiger partial charge in [-0.05, 0) is 45.7 Å². The Morgan fingerprint density at radius 3 is 2.48 bits per heavy atom. The number of carbonyl (C=O) groups is 2. The van der Waals surface area contributed by atoms with Crippen molar-refractivity contribution in [2.45, 2.75) is 45.3 Å². The third-order valence-corrected chi connectivity index (χ3v) is 4.19. The van der Waals surface area contributed by atoms with Gasteiger partial charge in [-0.1, -0.05) is 23.7 Å². The molecule has 1 saturated heterocycles.